The predicted molar refractivity (Wildman–Crippen MR) is 75.7 cm³/mol. The van der Waals surface area contributed by atoms with E-state index in [0.29, 0.717) is 0 Å². The number of benzene rings is 1. The summed E-state index contributed by atoms with van der Waals surface area (Å²) in [6.45, 7) is -0.288. The smallest absolute Gasteiger partial charge is 0.256 e. The third-order valence-corrected chi connectivity index (χ3v) is 5.34. The van der Waals surface area contributed by atoms with Crippen LogP contribution >= 0.6 is 0 Å². The Bertz CT molecular complexity index is 772. The first-order valence-electron chi connectivity index (χ1n) is 6.39. The van der Waals surface area contributed by atoms with Gasteiger partial charge in [0.1, 0.15) is 9.84 Å². The largest absolute Gasteiger partial charge is 0.416 e. The normalized spacial score (nSPS) is 22.9. The molecule has 1 heterocycles. The summed E-state index contributed by atoms with van der Waals surface area (Å²) < 4.78 is 90.2. The monoisotopic (exact) mass is 373 g/mol. The molecule has 2 unspecified atom stereocenters. The van der Waals surface area contributed by atoms with E-state index in [1.54, 1.807) is 0 Å². The first-order valence-corrected chi connectivity index (χ1v) is 9.86. The highest BCUT2D eigenvalue weighted by Crippen LogP contribution is 2.32. The highest BCUT2D eigenvalue weighted by atomic mass is 32.2. The lowest BCUT2D eigenvalue weighted by Crippen LogP contribution is -2.36. The molecule has 11 heteroatoms. The molecular formula is C12H14F3NO5S2. The summed E-state index contributed by atoms with van der Waals surface area (Å²) in [5.74, 6) is -1.28. The van der Waals surface area contributed by atoms with Crippen molar-refractivity contribution in [3.63, 3.8) is 0 Å². The van der Waals surface area contributed by atoms with E-state index in [1.165, 1.54) is 0 Å². The molecule has 0 bridgehead atoms. The predicted octanol–water partition coefficient (Wildman–Crippen LogP) is 1.07. The molecule has 1 saturated heterocycles. The molecule has 0 amide bonds. The molecule has 1 N–H and O–H groups in total. The van der Waals surface area contributed by atoms with Crippen LogP contribution in [0.3, 0.4) is 0 Å². The van der Waals surface area contributed by atoms with Crippen LogP contribution in [0.5, 0.6) is 0 Å². The number of alkyl halides is 3. The minimum absolute atomic E-state index is 0.279. The van der Waals surface area contributed by atoms with Gasteiger partial charge in [-0.1, -0.05) is 12.1 Å². The van der Waals surface area contributed by atoms with Crippen LogP contribution in [0.15, 0.2) is 24.3 Å². The van der Waals surface area contributed by atoms with E-state index in [0.717, 1.165) is 30.5 Å². The van der Waals surface area contributed by atoms with Crippen LogP contribution in [0.4, 0.5) is 13.2 Å². The third kappa shape index (κ3) is 4.90. The maximum absolute atomic E-state index is 12.6. The van der Waals surface area contributed by atoms with Gasteiger partial charge in [0.05, 0.1) is 24.0 Å². The maximum Gasteiger partial charge on any atom is 0.416 e. The van der Waals surface area contributed by atoms with Gasteiger partial charge in [-0.25, -0.2) is 8.42 Å². The Labute approximate surface area is 131 Å². The van der Waals surface area contributed by atoms with Gasteiger partial charge in [0, 0.05) is 12.2 Å². The summed E-state index contributed by atoms with van der Waals surface area (Å²) in [5.41, 5.74) is -0.593. The minimum atomic E-state index is -4.51. The number of nitrogens with one attached hydrogen (secondary N) is 1. The van der Waals surface area contributed by atoms with Gasteiger partial charge < -0.3 is 0 Å². The Kier molecular flexibility index (Phi) is 4.77. The van der Waals surface area contributed by atoms with Gasteiger partial charge in [0.2, 0.25) is 0 Å². The van der Waals surface area contributed by atoms with Gasteiger partial charge in [-0.3, -0.25) is 4.18 Å². The van der Waals surface area contributed by atoms with E-state index in [1.807, 2.05) is 0 Å². The average molecular weight is 373 g/mol. The average Bonchev–Trinajstić information content (AvgIpc) is 2.74. The molecule has 0 radical (unpaired) electrons. The molecular weight excluding hydrogens is 359 g/mol. The topological polar surface area (TPSA) is 89.5 Å². The lowest BCUT2D eigenvalue weighted by Gasteiger charge is -2.21. The van der Waals surface area contributed by atoms with Crippen molar-refractivity contribution >= 4 is 20.1 Å². The molecule has 1 aliphatic heterocycles. The van der Waals surface area contributed by atoms with E-state index >= 15 is 0 Å². The molecule has 1 aromatic rings. The Morgan fingerprint density at radius 2 is 1.87 bits per heavy atom. The summed E-state index contributed by atoms with van der Waals surface area (Å²) in [6, 6.07) is 3.08. The standard InChI is InChI=1S/C12H14F3NO5S2/c1-22(17,18)7-10(11-6-21-23(19,20)16-11)8-2-4-9(5-3-8)12(13,14)15/h2-5,10-11,16H,6-7H2,1H3. The van der Waals surface area contributed by atoms with Crippen molar-refractivity contribution in [2.75, 3.05) is 18.6 Å². The van der Waals surface area contributed by atoms with Gasteiger partial charge in [0.25, 0.3) is 0 Å². The Hall–Kier alpha value is -1.17. The molecule has 1 aliphatic rings. The molecule has 2 rings (SSSR count). The van der Waals surface area contributed by atoms with E-state index < -0.39 is 49.6 Å². The molecule has 23 heavy (non-hydrogen) atoms. The van der Waals surface area contributed by atoms with E-state index in [9.17, 15) is 30.0 Å². The molecule has 0 spiro atoms. The Balaban J connectivity index is 2.34. The summed E-state index contributed by atoms with van der Waals surface area (Å²) in [4.78, 5) is 0. The Morgan fingerprint density at radius 1 is 1.30 bits per heavy atom. The van der Waals surface area contributed by atoms with Crippen molar-refractivity contribution in [1.29, 1.82) is 0 Å². The van der Waals surface area contributed by atoms with Crippen LogP contribution in [-0.4, -0.2) is 41.5 Å². The minimum Gasteiger partial charge on any atom is -0.256 e. The third-order valence-electron chi connectivity index (χ3n) is 3.33. The van der Waals surface area contributed by atoms with Crippen LogP contribution in [0.25, 0.3) is 0 Å². The fourth-order valence-corrected chi connectivity index (χ4v) is 4.38. The summed E-state index contributed by atoms with van der Waals surface area (Å²) in [6.07, 6.45) is -3.54. The quantitative estimate of drug-likeness (QED) is 0.853. The van der Waals surface area contributed by atoms with Crippen LogP contribution in [-0.2, 0) is 30.5 Å². The Morgan fingerprint density at radius 3 is 2.26 bits per heavy atom. The molecule has 1 fully saturated rings. The molecule has 0 aromatic heterocycles. The van der Waals surface area contributed by atoms with Gasteiger partial charge in [-0.05, 0) is 17.7 Å². The molecule has 0 aliphatic carbocycles. The van der Waals surface area contributed by atoms with Crippen LogP contribution in [0.2, 0.25) is 0 Å². The van der Waals surface area contributed by atoms with Crippen molar-refractivity contribution < 1.29 is 34.2 Å². The van der Waals surface area contributed by atoms with Crippen molar-refractivity contribution in [2.24, 2.45) is 0 Å². The number of sulfone groups is 1. The fourth-order valence-electron chi connectivity index (χ4n) is 2.30. The second kappa shape index (κ2) is 6.04. The van der Waals surface area contributed by atoms with Gasteiger partial charge in [0.15, 0.2) is 0 Å². The van der Waals surface area contributed by atoms with Crippen molar-refractivity contribution in [3.8, 4) is 0 Å². The van der Waals surface area contributed by atoms with Crippen LogP contribution in [0, 0.1) is 0 Å². The molecule has 0 saturated carbocycles. The SMILES string of the molecule is CS(=O)(=O)CC(c1ccc(C(F)(F)F)cc1)C1COS(=O)(=O)N1. The molecule has 130 valence electrons. The van der Waals surface area contributed by atoms with Gasteiger partial charge in [-0.15, -0.1) is 0 Å². The first-order chi connectivity index (χ1) is 10.4. The summed E-state index contributed by atoms with van der Waals surface area (Å²) in [7, 11) is -7.46. The maximum atomic E-state index is 12.6. The van der Waals surface area contributed by atoms with E-state index in [-0.39, 0.29) is 12.2 Å². The highest BCUT2D eigenvalue weighted by Gasteiger charge is 2.37. The zero-order valence-electron chi connectivity index (χ0n) is 11.9. The van der Waals surface area contributed by atoms with Crippen molar-refractivity contribution in [1.82, 2.24) is 4.72 Å². The fraction of sp³-hybridized carbons (Fsp3) is 0.500. The van der Waals surface area contributed by atoms with E-state index in [4.69, 9.17) is 0 Å². The van der Waals surface area contributed by atoms with Gasteiger partial charge in [-0.2, -0.15) is 26.3 Å². The number of hydrogen-bond donors (Lipinski definition) is 1. The first kappa shape index (κ1) is 18.2. The second-order valence-electron chi connectivity index (χ2n) is 5.28. The van der Waals surface area contributed by atoms with Crippen molar-refractivity contribution in [3.05, 3.63) is 35.4 Å². The molecule has 1 aromatic carbocycles. The number of hydrogen-bond acceptors (Lipinski definition) is 5. The number of halogens is 3. The van der Waals surface area contributed by atoms with Gasteiger partial charge >= 0.3 is 16.5 Å². The van der Waals surface area contributed by atoms with Crippen LogP contribution in [0.1, 0.15) is 17.0 Å². The van der Waals surface area contributed by atoms with Crippen molar-refractivity contribution in [2.45, 2.75) is 18.1 Å². The summed E-state index contributed by atoms with van der Waals surface area (Å²) >= 11 is 0. The van der Waals surface area contributed by atoms with E-state index in [2.05, 4.69) is 8.91 Å². The highest BCUT2D eigenvalue weighted by molar-refractivity contribution is 7.90. The zero-order valence-corrected chi connectivity index (χ0v) is 13.5. The molecule has 6 nitrogen and oxygen atoms in total. The molecule has 2 atom stereocenters. The summed E-state index contributed by atoms with van der Waals surface area (Å²) in [5, 5.41) is 0. The zero-order chi connectivity index (χ0) is 17.5. The second-order valence-corrected chi connectivity index (χ2v) is 8.85. The van der Waals surface area contributed by atoms with Crippen LogP contribution < -0.4 is 4.72 Å². The lowest BCUT2D eigenvalue weighted by molar-refractivity contribution is -0.137. The lowest BCUT2D eigenvalue weighted by atomic mass is 9.93. The number of rotatable bonds is 4.